The molecule has 19 aromatic rings. The van der Waals surface area contributed by atoms with Crippen LogP contribution in [0.25, 0.3) is 77.4 Å². The monoisotopic (exact) mass is 1950 g/mol. The van der Waals surface area contributed by atoms with Crippen molar-refractivity contribution in [1.29, 1.82) is 0 Å². The van der Waals surface area contributed by atoms with Gasteiger partial charge < -0.3 is 44.2 Å². The number of aromatic hydroxyl groups is 1. The Hall–Kier alpha value is -17.1. The van der Waals surface area contributed by atoms with Crippen molar-refractivity contribution in [3.05, 3.63) is 421 Å². The van der Waals surface area contributed by atoms with Crippen LogP contribution >= 0.6 is 0 Å². The number of halogens is 3. The molecule has 0 bridgehead atoms. The normalized spacial score (nSPS) is 11.5. The molecule has 0 radical (unpaired) electrons. The van der Waals surface area contributed by atoms with E-state index < -0.39 is 11.5 Å². The van der Waals surface area contributed by atoms with Crippen molar-refractivity contribution in [3.63, 3.8) is 0 Å². The SMILES string of the molecule is CC(C)Cn1c(=O)n(C)c(=O)c2c(N(C)c3ccccc3)n(Cc3ccc(-c4ccccn4)cc3)cc21.CC(C)Cn1c(=O)n(C)c(=O)c2c(Nc3ccc(F)cc3)n(Cc3ccc(-c4ccccn4)cc3)cc21.CC(C)Cn1c(=O)n(C)c(=O)c2c(Nc3ccccc3)n(Cc3ccc(C(C)(F)F)cc3)cc21.CC(C)Cn1c(=O)n(C)c(=O)c2cn(Cc3ccc(-c4ccccn4)cc3)c(Nc3ccc(O)cc3)c21. The molecule has 0 saturated carbocycles. The number of rotatable bonds is 28. The largest absolute Gasteiger partial charge is 0.508 e. The minimum Gasteiger partial charge on any atom is -0.508 e. The number of para-hydroxylation sites is 2. The predicted octanol–water partition coefficient (Wildman–Crippen LogP) is 20.0. The van der Waals surface area contributed by atoms with Crippen LogP contribution in [0.3, 0.4) is 0 Å². The molecule has 0 spiro atoms. The van der Waals surface area contributed by atoms with Crippen molar-refractivity contribution in [2.45, 2.75) is 121 Å². The molecule has 0 fully saturated rings. The van der Waals surface area contributed by atoms with E-state index in [-0.39, 0.29) is 80.2 Å². The van der Waals surface area contributed by atoms with Gasteiger partial charge in [-0.15, -0.1) is 0 Å². The van der Waals surface area contributed by atoms with E-state index in [0.717, 1.165) is 95.0 Å². The van der Waals surface area contributed by atoms with Crippen molar-refractivity contribution in [3.8, 4) is 39.5 Å². The maximum Gasteiger partial charge on any atom is 0.331 e. The Morgan fingerprint density at radius 1 is 0.352 bits per heavy atom. The number of hydrogen-bond acceptors (Lipinski definition) is 16. The number of hydrogen-bond donors (Lipinski definition) is 4. The van der Waals surface area contributed by atoms with Crippen molar-refractivity contribution < 1.29 is 18.3 Å². The van der Waals surface area contributed by atoms with Crippen LogP contribution in [0, 0.1) is 29.5 Å². The molecule has 8 aromatic carbocycles. The number of aromatic nitrogens is 15. The second-order valence-electron chi connectivity index (χ2n) is 38.1. The van der Waals surface area contributed by atoms with E-state index in [9.17, 15) is 56.6 Å². The molecule has 19 rings (SSSR count). The fraction of sp³-hybridized carbons (Fsp3) is 0.237. The quantitative estimate of drug-likeness (QED) is 0.0331. The molecule has 742 valence electrons. The van der Waals surface area contributed by atoms with Gasteiger partial charge in [-0.3, -0.25) is 70.7 Å². The number of phenols is 1. The first-order valence-corrected chi connectivity index (χ1v) is 48.0. The first kappa shape index (κ1) is 101. The molecule has 0 atom stereocenters. The molecule has 11 heterocycles. The number of nitrogens with zero attached hydrogens (tertiary/aromatic N) is 16. The van der Waals surface area contributed by atoms with E-state index in [1.165, 1.54) is 54.5 Å². The number of phenolic OH excluding ortho intramolecular Hbond substituents is 1. The number of fused-ring (bicyclic) bond motifs is 4. The van der Waals surface area contributed by atoms with Crippen molar-refractivity contribution in [2.75, 3.05) is 27.9 Å². The molecule has 0 aliphatic rings. The molecule has 4 N–H and O–H groups in total. The predicted molar refractivity (Wildman–Crippen MR) is 572 cm³/mol. The van der Waals surface area contributed by atoms with Gasteiger partial charge in [0.1, 0.15) is 56.5 Å². The summed E-state index contributed by atoms with van der Waals surface area (Å²) in [5.41, 5.74) is 12.3. The van der Waals surface area contributed by atoms with Crippen LogP contribution in [-0.2, 0) is 86.5 Å². The smallest absolute Gasteiger partial charge is 0.331 e. The van der Waals surface area contributed by atoms with Gasteiger partial charge in [-0.2, -0.15) is 0 Å². The molecule has 0 aliphatic heterocycles. The van der Waals surface area contributed by atoms with Gasteiger partial charge in [-0.05, 0) is 155 Å². The average Bonchev–Trinajstić information content (AvgIpc) is 1.61. The van der Waals surface area contributed by atoms with Crippen LogP contribution in [0.2, 0.25) is 0 Å². The highest BCUT2D eigenvalue weighted by Gasteiger charge is 2.29. The Bertz CT molecular complexity index is 8290. The summed E-state index contributed by atoms with van der Waals surface area (Å²) in [6.45, 7) is 20.9. The zero-order chi connectivity index (χ0) is 103. The summed E-state index contributed by atoms with van der Waals surface area (Å²) < 4.78 is 60.0. The van der Waals surface area contributed by atoms with Crippen LogP contribution in [0.5, 0.6) is 5.75 Å². The molecule has 28 nitrogen and oxygen atoms in total. The fourth-order valence-electron chi connectivity index (χ4n) is 17.8. The lowest BCUT2D eigenvalue weighted by Gasteiger charge is -2.22. The van der Waals surface area contributed by atoms with E-state index >= 15 is 0 Å². The second kappa shape index (κ2) is 43.5. The lowest BCUT2D eigenvalue weighted by atomic mass is 10.1. The van der Waals surface area contributed by atoms with Gasteiger partial charge in [0.05, 0.1) is 39.0 Å². The fourth-order valence-corrected chi connectivity index (χ4v) is 17.8. The van der Waals surface area contributed by atoms with E-state index in [1.54, 1.807) is 98.6 Å². The second-order valence-corrected chi connectivity index (χ2v) is 38.1. The average molecular weight is 1950 g/mol. The highest BCUT2D eigenvalue weighted by atomic mass is 19.3. The Morgan fingerprint density at radius 3 is 1.06 bits per heavy atom. The van der Waals surface area contributed by atoms with Gasteiger partial charge in [0.15, 0.2) is 0 Å². The Morgan fingerprint density at radius 2 is 0.669 bits per heavy atom. The lowest BCUT2D eigenvalue weighted by Crippen LogP contribution is -2.38. The number of pyridine rings is 3. The van der Waals surface area contributed by atoms with Crippen molar-refractivity contribution >= 4 is 89.6 Å². The number of nitrogens with one attached hydrogen (secondary N) is 3. The Kier molecular flexibility index (Phi) is 30.3. The number of alkyl halides is 2. The summed E-state index contributed by atoms with van der Waals surface area (Å²) in [5, 5.41) is 21.6. The maximum atomic E-state index is 13.6. The summed E-state index contributed by atoms with van der Waals surface area (Å²) in [4.78, 5) is 121. The van der Waals surface area contributed by atoms with Crippen LogP contribution in [0.4, 0.5) is 59.2 Å². The third-order valence-electron chi connectivity index (χ3n) is 25.0. The number of benzene rings is 8. The van der Waals surface area contributed by atoms with Crippen LogP contribution in [0.1, 0.15) is 90.1 Å². The zero-order valence-corrected chi connectivity index (χ0v) is 83.3. The number of anilines is 8. The molecule has 0 aliphatic carbocycles. The summed E-state index contributed by atoms with van der Waals surface area (Å²) >= 11 is 0. The van der Waals surface area contributed by atoms with Crippen molar-refractivity contribution in [2.24, 2.45) is 51.9 Å². The molecule has 11 aromatic heterocycles. The molecule has 0 amide bonds. The molecular weight excluding hydrogens is 1840 g/mol. The highest BCUT2D eigenvalue weighted by molar-refractivity contribution is 5.96. The Balaban J connectivity index is 0.000000139. The van der Waals surface area contributed by atoms with Gasteiger partial charge >= 0.3 is 22.8 Å². The molecule has 0 saturated heterocycles. The third kappa shape index (κ3) is 22.5. The summed E-state index contributed by atoms with van der Waals surface area (Å²) in [5.74, 6) is 0.226. The van der Waals surface area contributed by atoms with Gasteiger partial charge in [0.2, 0.25) is 0 Å². The topological polar surface area (TPSA) is 294 Å². The van der Waals surface area contributed by atoms with Gasteiger partial charge in [-0.25, -0.2) is 32.3 Å². The maximum absolute atomic E-state index is 13.6. The standard InChI is InChI=1S/C30H31N5O2.C29H28FN5O2.C29H29N5O3.C26H28F2N4O2/c1-21(2)18-35-26-20-34(19-22-13-15-23(16-14-22)25-12-8-9-17-31-25)28(27(26)29(36)33(4)30(35)37)32(3)24-10-6-5-7-11-24;1-19(2)16-35-25-18-34(17-20-7-9-21(10-8-20)24-6-4-5-15-31-24)27(26(25)28(36)33(3)29(35)37)32-23-13-11-22(30)12-14-23;1-19(2)16-34-26-24(28(36)32(3)29(34)37)18-33(27(26)31-22-11-13-23(35)14-12-22)17-20-7-9-21(10-8-20)25-6-4-5-15-30-25;1-17(2)14-32-21-16-31(15-18-10-12-19(13-11-18)26(3,27)28)23(29-20-8-6-5-7-9-20)22(21)24(33)30(4)25(32)34/h5-17,20-21H,18-19H2,1-4H3;4-15,18-19,32H,16-17H2,1-3H3;4-15,18-19,31,35H,16-17H2,1-3H3;5-13,16-17,29H,14-15H2,1-4H3. The van der Waals surface area contributed by atoms with Crippen LogP contribution < -0.4 is 65.8 Å². The minimum atomic E-state index is -2.92. The Labute approximate surface area is 834 Å². The molecule has 31 heteroatoms. The van der Waals surface area contributed by atoms with E-state index in [4.69, 9.17) is 0 Å². The van der Waals surface area contributed by atoms with Gasteiger partial charge in [0, 0.05) is 183 Å². The summed E-state index contributed by atoms with van der Waals surface area (Å²) in [7, 11) is 8.01. The van der Waals surface area contributed by atoms with E-state index in [0.29, 0.717) is 119 Å². The summed E-state index contributed by atoms with van der Waals surface area (Å²) in [6, 6.07) is 80.2. The van der Waals surface area contributed by atoms with Crippen LogP contribution in [0.15, 0.2) is 343 Å². The minimum absolute atomic E-state index is 0.0591. The highest BCUT2D eigenvalue weighted by Crippen LogP contribution is 2.37. The van der Waals surface area contributed by atoms with Crippen molar-refractivity contribution in [1.82, 2.24) is 69.8 Å². The first-order valence-electron chi connectivity index (χ1n) is 48.0. The van der Waals surface area contributed by atoms with Gasteiger partial charge in [-0.1, -0.05) is 207 Å². The third-order valence-corrected chi connectivity index (χ3v) is 25.0. The van der Waals surface area contributed by atoms with E-state index in [1.807, 2.05) is 250 Å². The zero-order valence-electron chi connectivity index (χ0n) is 83.3. The van der Waals surface area contributed by atoms with E-state index in [2.05, 4.69) is 73.6 Å². The lowest BCUT2D eigenvalue weighted by molar-refractivity contribution is 0.0174. The van der Waals surface area contributed by atoms with Crippen LogP contribution in [-0.4, -0.2) is 81.9 Å². The van der Waals surface area contributed by atoms with Gasteiger partial charge in [0.25, 0.3) is 28.2 Å². The first-order chi connectivity index (χ1) is 69.5. The molecular formula is C114H116F3N19O9. The molecule has 0 unspecified atom stereocenters. The summed E-state index contributed by atoms with van der Waals surface area (Å²) in [6.07, 6.45) is 12.7. The molecule has 145 heavy (non-hydrogen) atoms.